The minimum atomic E-state index is 0.0773. The molecular formula is C102H108ClN9O9. The highest BCUT2D eigenvalue weighted by atomic mass is 35.5. The van der Waals surface area contributed by atoms with Gasteiger partial charge in [-0.05, 0) is 194 Å². The number of hydrogen-bond acceptors (Lipinski definition) is 14. The van der Waals surface area contributed by atoms with E-state index in [4.69, 9.17) is 22.1 Å². The van der Waals surface area contributed by atoms with Gasteiger partial charge in [-0.2, -0.15) is 0 Å². The summed E-state index contributed by atoms with van der Waals surface area (Å²) < 4.78 is 5.25. The number of halogens is 1. The minimum absolute atomic E-state index is 0.0773. The molecule has 8 aromatic carbocycles. The first kappa shape index (κ1) is 91.7. The quantitative estimate of drug-likeness (QED) is 0.0297. The molecule has 0 aliphatic heterocycles. The Morgan fingerprint density at radius 3 is 0.876 bits per heavy atom. The molecule has 121 heavy (non-hydrogen) atoms. The summed E-state index contributed by atoms with van der Waals surface area (Å²) in [5.41, 5.74) is 25.3. The van der Waals surface area contributed by atoms with Crippen molar-refractivity contribution in [3.8, 4) is 50.4 Å². The number of aromatic nitrogens is 4. The average Bonchev–Trinajstić information content (AvgIpc) is 0.839. The third-order valence-electron chi connectivity index (χ3n) is 20.8. The molecule has 622 valence electrons. The highest BCUT2D eigenvalue weighted by Crippen LogP contribution is 2.31. The Morgan fingerprint density at radius 1 is 0.322 bits per heavy atom. The Labute approximate surface area is 716 Å². The van der Waals surface area contributed by atoms with Crippen molar-refractivity contribution in [2.75, 3.05) is 58.6 Å². The zero-order valence-corrected chi connectivity index (χ0v) is 71.7. The van der Waals surface area contributed by atoms with E-state index in [9.17, 15) is 38.4 Å². The SMILES string of the molecule is CCC(=O)N(CC)c1ccc(-c2ccc(C(=O)CCc3ccc(C)nc3)cc2)cc1.CCC(=O)N(CC)c1ccc(-c2ccc(C(=O)CCc3cccnc3Cl)cc2)cc1.CCC(=O)N(CC)c1ccc(-c2ccc(C(=O)CCc3cccnc3N)cc2)cc1.CCC(=O)N(CC)c1ccc(-c2ccc(C(=O)CCc3cccnc3OC)cc2)cc1. The van der Waals surface area contributed by atoms with Crippen molar-refractivity contribution in [2.24, 2.45) is 0 Å². The number of anilines is 5. The summed E-state index contributed by atoms with van der Waals surface area (Å²) in [7, 11) is 1.58. The van der Waals surface area contributed by atoms with Gasteiger partial charge in [0.1, 0.15) is 11.0 Å². The second-order valence-corrected chi connectivity index (χ2v) is 29.0. The van der Waals surface area contributed by atoms with Crippen LogP contribution in [0.5, 0.6) is 5.88 Å². The van der Waals surface area contributed by atoms with Crippen molar-refractivity contribution in [2.45, 2.75) is 139 Å². The summed E-state index contributed by atoms with van der Waals surface area (Å²) in [6, 6.07) is 77.6. The van der Waals surface area contributed by atoms with Gasteiger partial charge in [0, 0.05) is 159 Å². The first-order valence-corrected chi connectivity index (χ1v) is 41.9. The molecule has 0 fully saturated rings. The minimum Gasteiger partial charge on any atom is -0.481 e. The van der Waals surface area contributed by atoms with Gasteiger partial charge in [0.2, 0.25) is 29.5 Å². The maximum atomic E-state index is 12.6. The summed E-state index contributed by atoms with van der Waals surface area (Å²) in [6.07, 6.45) is 12.8. The number of aryl methyl sites for hydroxylation is 5. The van der Waals surface area contributed by atoms with Crippen molar-refractivity contribution < 1.29 is 43.1 Å². The summed E-state index contributed by atoms with van der Waals surface area (Å²) in [6.45, 7) is 19.9. The van der Waals surface area contributed by atoms with Crippen LogP contribution in [0.25, 0.3) is 44.5 Å². The van der Waals surface area contributed by atoms with Crippen molar-refractivity contribution in [1.82, 2.24) is 19.9 Å². The molecule has 0 saturated heterocycles. The number of carbonyl (C=O) groups is 8. The van der Waals surface area contributed by atoms with Crippen molar-refractivity contribution in [1.29, 1.82) is 0 Å². The first-order valence-electron chi connectivity index (χ1n) is 41.5. The molecule has 4 heterocycles. The molecule has 4 amide bonds. The molecular weight excluding hydrogens is 1530 g/mol. The highest BCUT2D eigenvalue weighted by Gasteiger charge is 2.19. The van der Waals surface area contributed by atoms with Crippen LogP contribution < -0.4 is 30.1 Å². The monoisotopic (exact) mass is 1640 g/mol. The van der Waals surface area contributed by atoms with E-state index in [1.807, 2.05) is 311 Å². The fourth-order valence-electron chi connectivity index (χ4n) is 13.8. The summed E-state index contributed by atoms with van der Waals surface area (Å²) in [4.78, 5) is 122. The second-order valence-electron chi connectivity index (χ2n) is 28.6. The smallest absolute Gasteiger partial charge is 0.226 e. The van der Waals surface area contributed by atoms with Gasteiger partial charge in [0.15, 0.2) is 23.1 Å². The number of nitrogens with two attached hydrogens (primary N) is 1. The highest BCUT2D eigenvalue weighted by molar-refractivity contribution is 6.30. The predicted octanol–water partition coefficient (Wildman–Crippen LogP) is 21.9. The molecule has 2 N–H and O–H groups in total. The van der Waals surface area contributed by atoms with Gasteiger partial charge in [-0.3, -0.25) is 43.3 Å². The zero-order valence-electron chi connectivity index (χ0n) is 70.9. The number of methoxy groups -OCH3 is 1. The van der Waals surface area contributed by atoms with E-state index in [1.54, 1.807) is 45.3 Å². The van der Waals surface area contributed by atoms with E-state index >= 15 is 0 Å². The van der Waals surface area contributed by atoms with Crippen LogP contribution in [0.2, 0.25) is 5.15 Å². The number of carbonyl (C=O) groups excluding carboxylic acids is 8. The van der Waals surface area contributed by atoms with Crippen LogP contribution >= 0.6 is 11.6 Å². The molecule has 0 radical (unpaired) electrons. The van der Waals surface area contributed by atoms with E-state index in [2.05, 4.69) is 19.9 Å². The Bertz CT molecular complexity index is 5230. The number of amides is 4. The van der Waals surface area contributed by atoms with Gasteiger partial charge in [0.25, 0.3) is 0 Å². The van der Waals surface area contributed by atoms with Crippen molar-refractivity contribution in [3.63, 3.8) is 0 Å². The number of Topliss-reactive ketones (excluding diaryl/α,β-unsaturated/α-hetero) is 4. The van der Waals surface area contributed by atoms with Gasteiger partial charge >= 0.3 is 0 Å². The largest absolute Gasteiger partial charge is 0.481 e. The normalized spacial score (nSPS) is 10.6. The Hall–Kier alpha value is -13.2. The third-order valence-corrected chi connectivity index (χ3v) is 21.2. The van der Waals surface area contributed by atoms with Crippen LogP contribution in [-0.4, -0.2) is 100.0 Å². The molecule has 18 nitrogen and oxygen atoms in total. The molecule has 12 aromatic rings. The van der Waals surface area contributed by atoms with Gasteiger partial charge in [-0.25, -0.2) is 15.0 Å². The average molecular weight is 1640 g/mol. The molecule has 0 atom stereocenters. The van der Waals surface area contributed by atoms with E-state index in [0.717, 1.165) is 101 Å². The first-order chi connectivity index (χ1) is 58.6. The summed E-state index contributed by atoms with van der Waals surface area (Å²) in [5, 5.41) is 0.450. The van der Waals surface area contributed by atoms with Crippen molar-refractivity contribution >= 4 is 86.9 Å². The van der Waals surface area contributed by atoms with E-state index in [0.29, 0.717) is 137 Å². The second kappa shape index (κ2) is 46.8. The standard InChI is InChI=1S/C26H28N2O3.C26H28N2O2.C25H25ClN2O2.C25H27N3O2/c1-4-25(30)28(5-2)23-15-12-20(13-16-23)19-8-10-21(11-9-19)24(29)17-14-22-7-6-18-27-26(22)31-3;1-4-26(30)28(5-2)24-15-13-22(14-16-24)21-9-11-23(12-10-21)25(29)17-8-20-7-6-19(3)27-18-20;2*1-3-24(30)28(4-2)22-14-11-19(12-15-22)18-7-9-20(10-8-18)23(29)16-13-21-6-5-17-27-25(21)26/h6-13,15-16,18H,4-5,14,17H2,1-3H3;6-7,9-16,18H,4-5,8,17H2,1-3H3;5-12,14-15,17H,3-4,13,16H2,1-2H3;5-12,14-15,17H,3-4,13,16H2,1-2H3,(H2,26,27). The van der Waals surface area contributed by atoms with Crippen LogP contribution in [0.15, 0.2) is 267 Å². The lowest BCUT2D eigenvalue weighted by molar-refractivity contribution is -0.119. The number of pyridine rings is 4. The van der Waals surface area contributed by atoms with Crippen LogP contribution in [0.3, 0.4) is 0 Å². The Morgan fingerprint density at radius 2 is 0.595 bits per heavy atom. The number of ether oxygens (including phenoxy) is 1. The molecule has 19 heteroatoms. The molecule has 4 aromatic heterocycles. The summed E-state index contributed by atoms with van der Waals surface area (Å²) >= 11 is 6.06. The van der Waals surface area contributed by atoms with Gasteiger partial charge < -0.3 is 30.1 Å². The molecule has 0 unspecified atom stereocenters. The van der Waals surface area contributed by atoms with E-state index in [1.165, 1.54) is 0 Å². The number of benzene rings is 8. The maximum absolute atomic E-state index is 12.6. The molecule has 0 aliphatic rings. The molecule has 0 saturated carbocycles. The molecule has 0 aliphatic carbocycles. The lowest BCUT2D eigenvalue weighted by Gasteiger charge is -2.20. The summed E-state index contributed by atoms with van der Waals surface area (Å²) in [5.74, 6) is 1.88. The fourth-order valence-corrected chi connectivity index (χ4v) is 14.0. The predicted molar refractivity (Wildman–Crippen MR) is 489 cm³/mol. The molecule has 12 rings (SSSR count). The lowest BCUT2D eigenvalue weighted by Crippen LogP contribution is -2.29. The number of nitrogens with zero attached hydrogens (tertiary/aromatic N) is 8. The fraction of sp³-hybridized carbons (Fsp3) is 0.255. The van der Waals surface area contributed by atoms with E-state index in [-0.39, 0.29) is 46.8 Å². The topological polar surface area (TPSA) is 236 Å². The zero-order chi connectivity index (χ0) is 86.7. The maximum Gasteiger partial charge on any atom is 0.226 e. The van der Waals surface area contributed by atoms with Crippen LogP contribution in [0.1, 0.15) is 176 Å². The number of rotatable bonds is 33. The van der Waals surface area contributed by atoms with Gasteiger partial charge in [-0.15, -0.1) is 0 Å². The van der Waals surface area contributed by atoms with Gasteiger partial charge in [-0.1, -0.05) is 209 Å². The molecule has 0 bridgehead atoms. The van der Waals surface area contributed by atoms with Crippen LogP contribution in [0, 0.1) is 6.92 Å². The number of nitrogen functional groups attached to an aromatic ring is 1. The van der Waals surface area contributed by atoms with Crippen LogP contribution in [0.4, 0.5) is 28.6 Å². The van der Waals surface area contributed by atoms with Crippen molar-refractivity contribution in [3.05, 3.63) is 323 Å². The molecule has 0 spiro atoms. The van der Waals surface area contributed by atoms with Gasteiger partial charge in [0.05, 0.1) is 7.11 Å². The Balaban J connectivity index is 0.000000183. The van der Waals surface area contributed by atoms with Crippen LogP contribution in [-0.2, 0) is 44.9 Å². The number of ketones is 4. The van der Waals surface area contributed by atoms with E-state index < -0.39 is 0 Å². The Kier molecular flexibility index (Phi) is 35.5. The third kappa shape index (κ3) is 26.2. The number of hydrogen-bond donors (Lipinski definition) is 1. The lowest BCUT2D eigenvalue weighted by atomic mass is 9.99.